The van der Waals surface area contributed by atoms with Crippen LogP contribution in [0.1, 0.15) is 62.6 Å². The van der Waals surface area contributed by atoms with Gasteiger partial charge in [-0.3, -0.25) is 29.4 Å². The molecule has 0 spiro atoms. The predicted octanol–water partition coefficient (Wildman–Crippen LogP) is 4.70. The summed E-state index contributed by atoms with van der Waals surface area (Å²) in [4.78, 5) is 60.3. The lowest BCUT2D eigenvalue weighted by Gasteiger charge is -2.26. The van der Waals surface area contributed by atoms with Crippen molar-refractivity contribution in [2.45, 2.75) is 81.4 Å². The molecular weight excluding hydrogens is 691 g/mol. The number of anilines is 1. The van der Waals surface area contributed by atoms with Gasteiger partial charge in [0.2, 0.25) is 21.8 Å². The summed E-state index contributed by atoms with van der Waals surface area (Å²) in [6, 6.07) is 7.87. The minimum Gasteiger partial charge on any atom is -0.446 e. The Labute approximate surface area is 293 Å². The van der Waals surface area contributed by atoms with Gasteiger partial charge < -0.3 is 15.0 Å². The number of nitrogens with zero attached hydrogens (tertiary/aromatic N) is 2. The van der Waals surface area contributed by atoms with Crippen LogP contribution in [0, 0.1) is 24.7 Å². The largest absolute Gasteiger partial charge is 0.446 e. The number of carbonyl (C=O) groups is 4. The molecule has 1 aromatic carbocycles. The lowest BCUT2D eigenvalue weighted by molar-refractivity contribution is -0.140. The van der Waals surface area contributed by atoms with Gasteiger partial charge in [0.1, 0.15) is 11.6 Å². The zero-order valence-electron chi connectivity index (χ0n) is 28.2. The number of halogens is 3. The molecule has 6 rings (SSSR count). The number of rotatable bonds is 6. The van der Waals surface area contributed by atoms with Gasteiger partial charge in [-0.2, -0.15) is 13.2 Å². The summed E-state index contributed by atoms with van der Waals surface area (Å²) in [5.74, 6) is -4.31. The number of allylic oxidation sites excluding steroid dienone is 1. The molecule has 0 radical (unpaired) electrons. The van der Waals surface area contributed by atoms with Crippen LogP contribution in [-0.2, 0) is 35.3 Å². The molecule has 16 heteroatoms. The number of nitrogens with one attached hydrogen (secondary N) is 3. The summed E-state index contributed by atoms with van der Waals surface area (Å²) in [6.07, 6.45) is -0.110. The number of aryl methyl sites for hydroxylation is 1. The van der Waals surface area contributed by atoms with E-state index in [9.17, 15) is 40.8 Å². The first-order valence-electron chi connectivity index (χ1n) is 17.0. The maximum Gasteiger partial charge on any atom is 0.416 e. The molecule has 3 aliphatic carbocycles. The van der Waals surface area contributed by atoms with Gasteiger partial charge in [0.05, 0.1) is 34.0 Å². The zero-order valence-corrected chi connectivity index (χ0v) is 29.0. The third kappa shape index (κ3) is 8.05. The number of benzene rings is 1. The maximum atomic E-state index is 14.0. The number of ether oxygens (including phenoxy) is 1. The molecule has 12 nitrogen and oxygen atoms in total. The van der Waals surface area contributed by atoms with Crippen molar-refractivity contribution in [3.05, 3.63) is 59.8 Å². The Kier molecular flexibility index (Phi) is 9.92. The molecule has 0 unspecified atom stereocenters. The topological polar surface area (TPSA) is 164 Å². The van der Waals surface area contributed by atoms with Crippen LogP contribution < -0.4 is 15.4 Å². The summed E-state index contributed by atoms with van der Waals surface area (Å²) in [6.45, 7) is 2.14. The Morgan fingerprint density at radius 3 is 2.53 bits per heavy atom. The monoisotopic (exact) mass is 731 g/mol. The highest BCUT2D eigenvalue weighted by molar-refractivity contribution is 7.91. The van der Waals surface area contributed by atoms with Crippen molar-refractivity contribution in [3.63, 3.8) is 0 Å². The van der Waals surface area contributed by atoms with Gasteiger partial charge in [0.25, 0.3) is 5.91 Å². The van der Waals surface area contributed by atoms with Gasteiger partial charge in [-0.05, 0) is 82.6 Å². The van der Waals surface area contributed by atoms with Crippen LogP contribution in [-0.4, -0.2) is 72.6 Å². The van der Waals surface area contributed by atoms with E-state index in [1.165, 1.54) is 11.0 Å². The highest BCUT2D eigenvalue weighted by Crippen LogP contribution is 2.47. The number of hydrogen-bond acceptors (Lipinski definition) is 8. The van der Waals surface area contributed by atoms with Crippen LogP contribution in [0.2, 0.25) is 0 Å². The van der Waals surface area contributed by atoms with Crippen LogP contribution in [0.3, 0.4) is 0 Å². The third-order valence-electron chi connectivity index (χ3n) is 10.0. The van der Waals surface area contributed by atoms with E-state index >= 15 is 0 Å². The fourth-order valence-corrected chi connectivity index (χ4v) is 8.29. The Hall–Kier alpha value is -4.47. The minimum absolute atomic E-state index is 0.0534. The molecule has 1 aliphatic heterocycles. The third-order valence-corrected chi connectivity index (χ3v) is 11.8. The Balaban J connectivity index is 1.23. The SMILES string of the molecule is Cc1cccc(-c2ccc(C(F)(F)F)cc2NC(=O)O[C@@H]2C[C@H]3C(=O)N[C@]4(C(=O)NS(=O)(=O)C5CC5)C[C@@H]4/C=C\CCCCN(C)C(=O)[C@@H]3C2)n1. The van der Waals surface area contributed by atoms with Gasteiger partial charge in [0.15, 0.2) is 0 Å². The first-order valence-corrected chi connectivity index (χ1v) is 18.5. The number of sulfonamides is 1. The molecular formula is C35H40F3N5O7S. The fraction of sp³-hybridized carbons (Fsp3) is 0.514. The number of alkyl halides is 3. The van der Waals surface area contributed by atoms with E-state index in [0.717, 1.165) is 18.6 Å². The Bertz CT molecular complexity index is 1870. The van der Waals surface area contributed by atoms with Crippen molar-refractivity contribution in [1.82, 2.24) is 19.9 Å². The lowest BCUT2D eigenvalue weighted by Crippen LogP contribution is -2.54. The predicted molar refractivity (Wildman–Crippen MR) is 179 cm³/mol. The van der Waals surface area contributed by atoms with Gasteiger partial charge in [0, 0.05) is 30.8 Å². The van der Waals surface area contributed by atoms with Crippen molar-refractivity contribution in [1.29, 1.82) is 0 Å². The van der Waals surface area contributed by atoms with Crippen LogP contribution in [0.15, 0.2) is 48.6 Å². The second-order valence-corrected chi connectivity index (χ2v) is 15.9. The van der Waals surface area contributed by atoms with Crippen LogP contribution in [0.25, 0.3) is 11.3 Å². The smallest absolute Gasteiger partial charge is 0.416 e. The molecule has 5 atom stereocenters. The molecule has 1 aromatic heterocycles. The van der Waals surface area contributed by atoms with E-state index in [-0.39, 0.29) is 36.4 Å². The molecule has 274 valence electrons. The summed E-state index contributed by atoms with van der Waals surface area (Å²) in [5, 5.41) is 4.52. The first kappa shape index (κ1) is 36.3. The van der Waals surface area contributed by atoms with Gasteiger partial charge in [-0.15, -0.1) is 0 Å². The molecule has 2 aromatic rings. The number of hydrogen-bond donors (Lipinski definition) is 3. The summed E-state index contributed by atoms with van der Waals surface area (Å²) >= 11 is 0. The maximum absolute atomic E-state index is 14.0. The molecule has 3 N–H and O–H groups in total. The highest BCUT2D eigenvalue weighted by atomic mass is 32.2. The second kappa shape index (κ2) is 13.9. The average Bonchev–Trinajstić information content (AvgIpc) is 3.98. The van der Waals surface area contributed by atoms with Crippen molar-refractivity contribution < 1.29 is 45.5 Å². The van der Waals surface area contributed by atoms with E-state index in [2.05, 4.69) is 20.3 Å². The van der Waals surface area contributed by atoms with Gasteiger partial charge >= 0.3 is 12.3 Å². The minimum atomic E-state index is -4.70. The fourth-order valence-electron chi connectivity index (χ4n) is 6.92. The highest BCUT2D eigenvalue weighted by Gasteiger charge is 2.62. The molecule has 4 amide bonds. The summed E-state index contributed by atoms with van der Waals surface area (Å²) < 4.78 is 74.1. The molecule has 4 aliphatic rings. The summed E-state index contributed by atoms with van der Waals surface area (Å²) in [7, 11) is -2.29. The van der Waals surface area contributed by atoms with E-state index in [0.29, 0.717) is 43.6 Å². The Morgan fingerprint density at radius 2 is 1.82 bits per heavy atom. The normalized spacial score (nSPS) is 27.7. The van der Waals surface area contributed by atoms with Gasteiger partial charge in [-0.1, -0.05) is 24.3 Å². The number of fused-ring (bicyclic) bond motifs is 2. The summed E-state index contributed by atoms with van der Waals surface area (Å²) in [5.41, 5.74) is -1.57. The van der Waals surface area contributed by atoms with Crippen molar-refractivity contribution >= 4 is 39.5 Å². The van der Waals surface area contributed by atoms with Crippen molar-refractivity contribution in [2.24, 2.45) is 17.8 Å². The lowest BCUT2D eigenvalue weighted by atomic mass is 9.93. The van der Waals surface area contributed by atoms with E-state index in [1.807, 2.05) is 6.08 Å². The van der Waals surface area contributed by atoms with Crippen molar-refractivity contribution in [3.8, 4) is 11.3 Å². The van der Waals surface area contributed by atoms with Crippen LogP contribution in [0.5, 0.6) is 0 Å². The number of amides is 4. The molecule has 51 heavy (non-hydrogen) atoms. The Morgan fingerprint density at radius 1 is 1.08 bits per heavy atom. The molecule has 0 bridgehead atoms. The number of pyridine rings is 1. The molecule has 2 heterocycles. The second-order valence-electron chi connectivity index (χ2n) is 13.9. The van der Waals surface area contributed by atoms with Gasteiger partial charge in [-0.25, -0.2) is 13.2 Å². The standard InChI is InChI=1S/C35H40F3N5O7S/c1-20-8-7-10-28(39-20)25-14-11-21(35(36,37)38)16-29(25)40-33(47)50-23-17-26-27(18-23)31(45)43(2)15-6-4-3-5-9-22-19-34(22,41-30(26)44)32(46)42-51(48,49)24-12-13-24/h5,7-11,14,16,22-24,26-27H,3-4,6,12-13,15,17-19H2,1-2H3,(H,40,47)(H,41,44)(H,42,46)/b9-5-/t22-,23+,26+,27+,34+/m0/s1. The molecule has 3 saturated carbocycles. The molecule has 0 saturated heterocycles. The van der Waals surface area contributed by atoms with E-state index in [4.69, 9.17) is 4.74 Å². The first-order chi connectivity index (χ1) is 24.1. The van der Waals surface area contributed by atoms with Crippen molar-refractivity contribution in [2.75, 3.05) is 18.9 Å². The quantitative estimate of drug-likeness (QED) is 0.360. The van der Waals surface area contributed by atoms with E-state index in [1.54, 1.807) is 38.2 Å². The van der Waals surface area contributed by atoms with Crippen LogP contribution >= 0.6 is 0 Å². The van der Waals surface area contributed by atoms with Crippen LogP contribution in [0.4, 0.5) is 23.7 Å². The molecule has 3 fully saturated rings. The number of aromatic nitrogens is 1. The zero-order chi connectivity index (χ0) is 36.7. The average molecular weight is 732 g/mol. The number of carbonyl (C=O) groups excluding carboxylic acids is 4. The van der Waals surface area contributed by atoms with E-state index < -0.39 is 74.3 Å².